The first-order valence-corrected chi connectivity index (χ1v) is 9.62. The average molecular weight is 355 g/mol. The van der Waals surface area contributed by atoms with Crippen LogP contribution in [-0.2, 0) is 16.3 Å². The van der Waals surface area contributed by atoms with Crippen LogP contribution in [0.2, 0.25) is 0 Å². The lowest BCUT2D eigenvalue weighted by Gasteiger charge is -2.16. The molecule has 2 heterocycles. The van der Waals surface area contributed by atoms with Crippen LogP contribution in [0.1, 0.15) is 18.4 Å². The van der Waals surface area contributed by atoms with Gasteiger partial charge in [0, 0.05) is 6.42 Å². The summed E-state index contributed by atoms with van der Waals surface area (Å²) >= 11 is 12.6. The molecule has 0 spiro atoms. The van der Waals surface area contributed by atoms with E-state index in [-0.39, 0.29) is 17.5 Å². The summed E-state index contributed by atoms with van der Waals surface area (Å²) in [6, 6.07) is -0.371. The number of halogens is 1. The van der Waals surface area contributed by atoms with E-state index in [1.807, 2.05) is 0 Å². The molecule has 10 heteroatoms. The molecule has 1 aromatic heterocycles. The lowest BCUT2D eigenvalue weighted by Crippen LogP contribution is -2.42. The van der Waals surface area contributed by atoms with E-state index in [1.165, 1.54) is 11.3 Å². The van der Waals surface area contributed by atoms with Crippen molar-refractivity contribution in [2.24, 2.45) is 0 Å². The lowest BCUT2D eigenvalue weighted by atomic mass is 10.3. The molecule has 2 N–H and O–H groups in total. The van der Waals surface area contributed by atoms with E-state index in [4.69, 9.17) is 23.8 Å². The number of aromatic nitrogens is 2. The molecule has 0 aromatic carbocycles. The molecular weight excluding hydrogens is 340 g/mol. The molecule has 1 aliphatic rings. The van der Waals surface area contributed by atoms with Crippen molar-refractivity contribution in [3.05, 3.63) is 5.01 Å². The number of anilines is 1. The van der Waals surface area contributed by atoms with Crippen molar-refractivity contribution in [2.75, 3.05) is 16.8 Å². The summed E-state index contributed by atoms with van der Waals surface area (Å²) in [5.74, 6) is -0.0194. The summed E-state index contributed by atoms with van der Waals surface area (Å²) < 4.78 is 22.9. The number of thiocarbonyl (C=S) groups is 1. The maximum atomic E-state index is 11.5. The standard InChI is InChI=1S/C10H15ClN4O2S3/c1-2-3-8-14-15-10(19-8)13-9(18)12-7-5-20(16,17)4-6(7)11/h6-7H,2-5H2,1H3,(H2,12,13,15,18)/t6-,7+/m1/s1. The van der Waals surface area contributed by atoms with Crippen LogP contribution in [0.5, 0.6) is 0 Å². The maximum absolute atomic E-state index is 11.5. The predicted molar refractivity (Wildman–Crippen MR) is 85.3 cm³/mol. The summed E-state index contributed by atoms with van der Waals surface area (Å²) in [5, 5.41) is 15.2. The number of aryl methyl sites for hydroxylation is 1. The fraction of sp³-hybridized carbons (Fsp3) is 0.700. The Morgan fingerprint density at radius 2 is 2.25 bits per heavy atom. The number of nitrogens with one attached hydrogen (secondary N) is 2. The molecule has 1 saturated heterocycles. The maximum Gasteiger partial charge on any atom is 0.211 e. The van der Waals surface area contributed by atoms with Crippen molar-refractivity contribution in [2.45, 2.75) is 31.2 Å². The fourth-order valence-electron chi connectivity index (χ4n) is 1.86. The number of hydrogen-bond donors (Lipinski definition) is 2. The molecule has 20 heavy (non-hydrogen) atoms. The Bertz CT molecular complexity index is 589. The van der Waals surface area contributed by atoms with Crippen molar-refractivity contribution in [3.8, 4) is 0 Å². The zero-order valence-corrected chi connectivity index (χ0v) is 14.0. The molecule has 1 fully saturated rings. The minimum Gasteiger partial charge on any atom is -0.357 e. The van der Waals surface area contributed by atoms with E-state index in [2.05, 4.69) is 27.8 Å². The predicted octanol–water partition coefficient (Wildman–Crippen LogP) is 1.18. The molecule has 1 aliphatic heterocycles. The Morgan fingerprint density at radius 3 is 2.85 bits per heavy atom. The van der Waals surface area contributed by atoms with Gasteiger partial charge in [-0.05, 0) is 18.6 Å². The monoisotopic (exact) mass is 354 g/mol. The molecule has 0 aliphatic carbocycles. The molecule has 0 radical (unpaired) electrons. The van der Waals surface area contributed by atoms with Gasteiger partial charge < -0.3 is 10.6 Å². The van der Waals surface area contributed by atoms with Crippen molar-refractivity contribution in [1.29, 1.82) is 0 Å². The lowest BCUT2D eigenvalue weighted by molar-refractivity contribution is 0.600. The molecular formula is C10H15ClN4O2S3. The molecule has 112 valence electrons. The highest BCUT2D eigenvalue weighted by molar-refractivity contribution is 7.91. The Hall–Kier alpha value is -0.510. The third kappa shape index (κ3) is 4.24. The second kappa shape index (κ2) is 6.50. The summed E-state index contributed by atoms with van der Waals surface area (Å²) in [7, 11) is -3.07. The van der Waals surface area contributed by atoms with E-state index in [9.17, 15) is 8.42 Å². The van der Waals surface area contributed by atoms with Gasteiger partial charge in [-0.15, -0.1) is 21.8 Å². The van der Waals surface area contributed by atoms with E-state index < -0.39 is 15.2 Å². The second-order valence-corrected chi connectivity index (χ2v) is 8.73. The average Bonchev–Trinajstić information content (AvgIpc) is 2.84. The quantitative estimate of drug-likeness (QED) is 0.620. The van der Waals surface area contributed by atoms with Gasteiger partial charge in [-0.1, -0.05) is 18.3 Å². The number of hydrogen-bond acceptors (Lipinski definition) is 6. The summed E-state index contributed by atoms with van der Waals surface area (Å²) in [5.41, 5.74) is 0. The zero-order valence-electron chi connectivity index (χ0n) is 10.8. The first-order chi connectivity index (χ1) is 9.39. The largest absolute Gasteiger partial charge is 0.357 e. The van der Waals surface area contributed by atoms with E-state index in [0.29, 0.717) is 10.2 Å². The van der Waals surface area contributed by atoms with Crippen molar-refractivity contribution in [3.63, 3.8) is 0 Å². The van der Waals surface area contributed by atoms with Gasteiger partial charge in [0.25, 0.3) is 0 Å². The van der Waals surface area contributed by atoms with Crippen LogP contribution >= 0.6 is 35.2 Å². The van der Waals surface area contributed by atoms with E-state index >= 15 is 0 Å². The molecule has 1 aromatic rings. The summed E-state index contributed by atoms with van der Waals surface area (Å²) in [4.78, 5) is 0. The highest BCUT2D eigenvalue weighted by atomic mass is 35.5. The van der Waals surface area contributed by atoms with Crippen LogP contribution in [0.4, 0.5) is 5.13 Å². The topological polar surface area (TPSA) is 84.0 Å². The smallest absolute Gasteiger partial charge is 0.211 e. The molecule has 0 bridgehead atoms. The summed E-state index contributed by atoms with van der Waals surface area (Å²) in [6.45, 7) is 2.07. The van der Waals surface area contributed by atoms with Gasteiger partial charge >= 0.3 is 0 Å². The van der Waals surface area contributed by atoms with E-state index in [0.717, 1.165) is 17.8 Å². The molecule has 0 saturated carbocycles. The first-order valence-electron chi connectivity index (χ1n) is 6.14. The van der Waals surface area contributed by atoms with Crippen LogP contribution in [-0.4, -0.2) is 46.7 Å². The minimum atomic E-state index is -3.07. The Morgan fingerprint density at radius 1 is 1.50 bits per heavy atom. The van der Waals surface area contributed by atoms with Gasteiger partial charge in [-0.2, -0.15) is 0 Å². The minimum absolute atomic E-state index is 0.000189. The van der Waals surface area contributed by atoms with Crippen LogP contribution in [0.3, 0.4) is 0 Å². The van der Waals surface area contributed by atoms with Gasteiger partial charge in [0.15, 0.2) is 14.9 Å². The SMILES string of the molecule is CCCc1nnc(NC(=S)N[C@H]2CS(=O)(=O)C[C@H]2Cl)s1. The Kier molecular flexibility index (Phi) is 5.16. The van der Waals surface area contributed by atoms with Crippen LogP contribution in [0.15, 0.2) is 0 Å². The Labute approximate surface area is 132 Å². The van der Waals surface area contributed by atoms with E-state index in [1.54, 1.807) is 0 Å². The zero-order chi connectivity index (χ0) is 14.8. The third-order valence-corrected chi connectivity index (χ3v) is 6.24. The van der Waals surface area contributed by atoms with Gasteiger partial charge in [0.1, 0.15) is 5.01 Å². The van der Waals surface area contributed by atoms with Gasteiger partial charge in [-0.25, -0.2) is 8.42 Å². The van der Waals surface area contributed by atoms with Crippen molar-refractivity contribution >= 4 is 55.2 Å². The molecule has 0 unspecified atom stereocenters. The third-order valence-electron chi connectivity index (χ3n) is 2.75. The summed E-state index contributed by atoms with van der Waals surface area (Å²) in [6.07, 6.45) is 1.88. The molecule has 6 nitrogen and oxygen atoms in total. The first kappa shape index (κ1) is 15.9. The highest BCUT2D eigenvalue weighted by Crippen LogP contribution is 2.19. The van der Waals surface area contributed by atoms with Crippen molar-refractivity contribution < 1.29 is 8.42 Å². The Balaban J connectivity index is 1.89. The number of rotatable bonds is 4. The molecule has 2 atom stereocenters. The number of nitrogens with zero attached hydrogens (tertiary/aromatic N) is 2. The van der Waals surface area contributed by atoms with Crippen LogP contribution < -0.4 is 10.6 Å². The second-order valence-electron chi connectivity index (χ2n) is 4.55. The van der Waals surface area contributed by atoms with Gasteiger partial charge in [-0.3, -0.25) is 0 Å². The number of sulfone groups is 1. The van der Waals surface area contributed by atoms with Crippen molar-refractivity contribution in [1.82, 2.24) is 15.5 Å². The normalized spacial score (nSPS) is 24.5. The molecule has 2 rings (SSSR count). The van der Waals surface area contributed by atoms with Gasteiger partial charge in [0.05, 0.1) is 22.9 Å². The highest BCUT2D eigenvalue weighted by Gasteiger charge is 2.36. The van der Waals surface area contributed by atoms with Crippen LogP contribution in [0, 0.1) is 0 Å². The number of alkyl halides is 1. The van der Waals surface area contributed by atoms with Gasteiger partial charge in [0.2, 0.25) is 5.13 Å². The fourth-order valence-corrected chi connectivity index (χ4v) is 5.57. The van der Waals surface area contributed by atoms with Crippen LogP contribution in [0.25, 0.3) is 0 Å². The molecule has 0 amide bonds.